The molecule has 0 aliphatic carbocycles. The van der Waals surface area contributed by atoms with Gasteiger partial charge in [-0.25, -0.2) is 9.59 Å². The highest BCUT2D eigenvalue weighted by molar-refractivity contribution is 5.93. The van der Waals surface area contributed by atoms with Crippen molar-refractivity contribution in [1.29, 1.82) is 0 Å². The Morgan fingerprint density at radius 2 is 1.00 bits per heavy atom. The average Bonchev–Trinajstić information content (AvgIpc) is 2.73. The maximum absolute atomic E-state index is 11.5. The van der Waals surface area contributed by atoms with Gasteiger partial charge in [-0.3, -0.25) is 19.2 Å². The Balaban J connectivity index is 0. The molecule has 0 saturated heterocycles. The minimum atomic E-state index is -2.88. The van der Waals surface area contributed by atoms with E-state index in [1.165, 1.54) is 20.8 Å². The van der Waals surface area contributed by atoms with Crippen molar-refractivity contribution in [3.63, 3.8) is 0 Å². The summed E-state index contributed by atoms with van der Waals surface area (Å²) in [6.07, 6.45) is -0.565. The van der Waals surface area contributed by atoms with Crippen molar-refractivity contribution < 1.29 is 69.6 Å². The highest BCUT2D eigenvalue weighted by Gasteiger charge is 2.64. The lowest BCUT2D eigenvalue weighted by molar-refractivity contribution is -0.205. The first-order chi connectivity index (χ1) is 15.6. The van der Waals surface area contributed by atoms with Gasteiger partial charge in [-0.15, -0.1) is 0 Å². The number of hydrogen-bond acceptors (Lipinski definition) is 8. The maximum atomic E-state index is 11.5. The SMILES string of the molecule is CC(C(=O)O)C(O)(C(=O)O)C(C)(C)C(=O)O.CCC(C(=O)O)C(O)(C(=O)O)C(CC)(CC)C(=O)O. The molecule has 35 heavy (non-hydrogen) atoms. The van der Waals surface area contributed by atoms with Gasteiger partial charge in [-0.2, -0.15) is 0 Å². The number of hydrogen-bond donors (Lipinski definition) is 8. The van der Waals surface area contributed by atoms with Crippen LogP contribution in [0.15, 0.2) is 0 Å². The van der Waals surface area contributed by atoms with Crippen LogP contribution in [0.3, 0.4) is 0 Å². The molecule has 0 saturated carbocycles. The highest BCUT2D eigenvalue weighted by Crippen LogP contribution is 2.45. The van der Waals surface area contributed by atoms with E-state index in [0.29, 0.717) is 0 Å². The molecule has 8 N–H and O–H groups in total. The first-order valence-corrected chi connectivity index (χ1v) is 10.5. The van der Waals surface area contributed by atoms with Gasteiger partial charge in [0.05, 0.1) is 11.8 Å². The minimum Gasteiger partial charge on any atom is -0.481 e. The fourth-order valence-corrected chi connectivity index (χ4v) is 3.93. The summed E-state index contributed by atoms with van der Waals surface area (Å²) in [4.78, 5) is 66.6. The van der Waals surface area contributed by atoms with E-state index in [1.54, 1.807) is 0 Å². The molecule has 0 aromatic heterocycles. The molecule has 14 heteroatoms. The van der Waals surface area contributed by atoms with Crippen LogP contribution in [0.2, 0.25) is 0 Å². The van der Waals surface area contributed by atoms with E-state index in [4.69, 9.17) is 20.4 Å². The van der Waals surface area contributed by atoms with Gasteiger partial charge in [-0.05, 0) is 40.0 Å². The molecule has 0 aliphatic rings. The molecule has 0 heterocycles. The summed E-state index contributed by atoms with van der Waals surface area (Å²) >= 11 is 0. The number of rotatable bonds is 13. The number of carboxylic acid groups (broad SMARTS) is 6. The molecule has 0 aliphatic heterocycles. The van der Waals surface area contributed by atoms with Gasteiger partial charge in [0.15, 0.2) is 11.2 Å². The summed E-state index contributed by atoms with van der Waals surface area (Å²) in [7, 11) is 0. The predicted molar refractivity (Wildman–Crippen MR) is 115 cm³/mol. The molecule has 0 amide bonds. The zero-order chi connectivity index (χ0) is 28.7. The van der Waals surface area contributed by atoms with Crippen LogP contribution >= 0.6 is 0 Å². The number of carbonyl (C=O) groups is 6. The Kier molecular flexibility index (Phi) is 11.6. The zero-order valence-corrected chi connectivity index (χ0v) is 20.3. The van der Waals surface area contributed by atoms with E-state index in [1.807, 2.05) is 0 Å². The summed E-state index contributed by atoms with van der Waals surface area (Å²) < 4.78 is 0. The highest BCUT2D eigenvalue weighted by atomic mass is 16.4. The van der Waals surface area contributed by atoms with Crippen LogP contribution in [0.4, 0.5) is 0 Å². The van der Waals surface area contributed by atoms with Crippen LogP contribution in [0.5, 0.6) is 0 Å². The number of aliphatic carboxylic acids is 6. The Labute approximate surface area is 200 Å². The standard InChI is InChI=1S/C12H20O7.C9H14O7/c1-4-7(8(13)14)12(19,10(17)18)11(5-2,6-3)9(15)16;1-4(5(10)11)9(16,7(14)15)8(2,3)6(12)13/h7,19H,4-6H2,1-3H3,(H,13,14)(H,15,16)(H,17,18);4,16H,1-3H3,(H,10,11)(H,12,13)(H,14,15). The second-order valence-electron chi connectivity index (χ2n) is 8.53. The Hall–Kier alpha value is -3.26. The van der Waals surface area contributed by atoms with Crippen LogP contribution in [0.1, 0.15) is 60.8 Å². The van der Waals surface area contributed by atoms with E-state index in [2.05, 4.69) is 0 Å². The van der Waals surface area contributed by atoms with Crippen LogP contribution in [0, 0.1) is 22.7 Å². The lowest BCUT2D eigenvalue weighted by Crippen LogP contribution is -2.63. The van der Waals surface area contributed by atoms with Crippen LogP contribution in [-0.4, -0.2) is 87.9 Å². The van der Waals surface area contributed by atoms with E-state index in [-0.39, 0.29) is 19.3 Å². The van der Waals surface area contributed by atoms with Crippen molar-refractivity contribution in [2.24, 2.45) is 22.7 Å². The molecule has 14 nitrogen and oxygen atoms in total. The van der Waals surface area contributed by atoms with E-state index in [9.17, 15) is 49.2 Å². The molecule has 0 fully saturated rings. The Morgan fingerprint density at radius 1 is 0.629 bits per heavy atom. The molecule has 0 aromatic rings. The monoisotopic (exact) mass is 510 g/mol. The van der Waals surface area contributed by atoms with Crippen molar-refractivity contribution in [2.45, 2.75) is 72.0 Å². The van der Waals surface area contributed by atoms with Gasteiger partial charge in [0.25, 0.3) is 0 Å². The van der Waals surface area contributed by atoms with Gasteiger partial charge in [0, 0.05) is 0 Å². The topological polar surface area (TPSA) is 264 Å². The van der Waals surface area contributed by atoms with Crippen molar-refractivity contribution in [1.82, 2.24) is 0 Å². The number of carboxylic acids is 6. The van der Waals surface area contributed by atoms with Gasteiger partial charge in [0.1, 0.15) is 10.8 Å². The summed E-state index contributed by atoms with van der Waals surface area (Å²) in [5.41, 5.74) is -9.91. The summed E-state index contributed by atoms with van der Waals surface area (Å²) in [5, 5.41) is 74.3. The van der Waals surface area contributed by atoms with E-state index < -0.39 is 69.7 Å². The van der Waals surface area contributed by atoms with Crippen LogP contribution in [-0.2, 0) is 28.8 Å². The first kappa shape index (κ1) is 33.9. The van der Waals surface area contributed by atoms with Crippen molar-refractivity contribution in [3.8, 4) is 0 Å². The molecular weight excluding hydrogens is 476 g/mol. The fraction of sp³-hybridized carbons (Fsp3) is 0.714. The summed E-state index contributed by atoms with van der Waals surface area (Å²) in [6, 6.07) is 0. The van der Waals surface area contributed by atoms with Crippen molar-refractivity contribution in [2.75, 3.05) is 0 Å². The third-order valence-corrected chi connectivity index (χ3v) is 6.69. The van der Waals surface area contributed by atoms with Crippen LogP contribution < -0.4 is 0 Å². The van der Waals surface area contributed by atoms with Gasteiger partial charge in [0.2, 0.25) is 0 Å². The third kappa shape index (κ3) is 5.70. The van der Waals surface area contributed by atoms with Crippen molar-refractivity contribution >= 4 is 35.8 Å². The molecule has 0 bridgehead atoms. The summed E-state index contributed by atoms with van der Waals surface area (Å²) in [5.74, 6) is -13.4. The molecule has 4 atom stereocenters. The van der Waals surface area contributed by atoms with E-state index in [0.717, 1.165) is 20.8 Å². The Bertz CT molecular complexity index is 843. The second-order valence-corrected chi connectivity index (χ2v) is 8.53. The van der Waals surface area contributed by atoms with Gasteiger partial charge >= 0.3 is 35.8 Å². The Morgan fingerprint density at radius 3 is 1.17 bits per heavy atom. The average molecular weight is 510 g/mol. The second kappa shape index (κ2) is 11.9. The fourth-order valence-electron chi connectivity index (χ4n) is 3.93. The maximum Gasteiger partial charge on any atom is 0.337 e. The third-order valence-electron chi connectivity index (χ3n) is 6.69. The molecule has 0 radical (unpaired) electrons. The molecule has 0 aromatic carbocycles. The molecule has 4 unspecified atom stereocenters. The lowest BCUT2D eigenvalue weighted by Gasteiger charge is -2.43. The lowest BCUT2D eigenvalue weighted by atomic mass is 9.61. The zero-order valence-electron chi connectivity index (χ0n) is 20.3. The quantitative estimate of drug-likeness (QED) is 0.167. The smallest absolute Gasteiger partial charge is 0.337 e. The minimum absolute atomic E-state index is 0.187. The van der Waals surface area contributed by atoms with Gasteiger partial charge < -0.3 is 40.9 Å². The molecule has 0 rings (SSSR count). The predicted octanol–water partition coefficient (Wildman–Crippen LogP) is 0.438. The van der Waals surface area contributed by atoms with Gasteiger partial charge in [-0.1, -0.05) is 20.8 Å². The molecule has 202 valence electrons. The largest absolute Gasteiger partial charge is 0.481 e. The summed E-state index contributed by atoms with van der Waals surface area (Å²) in [6.45, 7) is 7.09. The van der Waals surface area contributed by atoms with Crippen molar-refractivity contribution in [3.05, 3.63) is 0 Å². The molecular formula is C21H34O14. The van der Waals surface area contributed by atoms with Crippen LogP contribution in [0.25, 0.3) is 0 Å². The number of aliphatic hydroxyl groups is 2. The molecule has 0 spiro atoms. The normalized spacial score (nSPS) is 16.8. The first-order valence-electron chi connectivity index (χ1n) is 10.5. The van der Waals surface area contributed by atoms with E-state index >= 15 is 0 Å².